The highest BCUT2D eigenvalue weighted by Crippen LogP contribution is 2.66. The molecule has 0 radical (unpaired) electrons. The molecule has 0 N–H and O–H groups in total. The molecule has 6 rings (SSSR count). The van der Waals surface area contributed by atoms with E-state index in [1.54, 1.807) is 5.56 Å². The first-order valence-electron chi connectivity index (χ1n) is 8.72. The fourth-order valence-electron chi connectivity index (χ4n) is 6.41. The van der Waals surface area contributed by atoms with Gasteiger partial charge >= 0.3 is 0 Å². The number of rotatable bonds is 2. The van der Waals surface area contributed by atoms with Gasteiger partial charge in [-0.2, -0.15) is 0 Å². The van der Waals surface area contributed by atoms with Crippen molar-refractivity contribution >= 4 is 0 Å². The smallest absolute Gasteiger partial charge is 0.00267 e. The van der Waals surface area contributed by atoms with Gasteiger partial charge in [0, 0.05) is 0 Å². The Hall–Kier alpha value is -1.74. The Labute approximate surface area is 133 Å². The molecule has 0 heterocycles. The Bertz CT molecular complexity index is 598. The molecule has 0 nitrogen and oxygen atoms in total. The van der Waals surface area contributed by atoms with E-state index in [0.717, 1.165) is 11.8 Å². The quantitative estimate of drug-likeness (QED) is 0.722. The van der Waals surface area contributed by atoms with Crippen molar-refractivity contribution in [3.8, 4) is 0 Å². The van der Waals surface area contributed by atoms with Gasteiger partial charge < -0.3 is 0 Å². The number of hydrogen-bond donors (Lipinski definition) is 0. The van der Waals surface area contributed by atoms with Crippen molar-refractivity contribution < 1.29 is 0 Å². The molecule has 4 saturated carbocycles. The third-order valence-corrected chi connectivity index (χ3v) is 6.72. The van der Waals surface area contributed by atoms with E-state index in [1.807, 2.05) is 0 Å². The summed E-state index contributed by atoms with van der Waals surface area (Å²) in [7, 11) is 0. The predicted molar refractivity (Wildman–Crippen MR) is 88.6 cm³/mol. The van der Waals surface area contributed by atoms with Crippen molar-refractivity contribution in [2.24, 2.45) is 11.8 Å². The largest absolute Gasteiger partial charge is 0.0702 e. The van der Waals surface area contributed by atoms with Crippen molar-refractivity contribution in [3.05, 3.63) is 71.8 Å². The Morgan fingerprint density at radius 2 is 1.45 bits per heavy atom. The molecular formula is C22H22. The highest BCUT2D eigenvalue weighted by Gasteiger charge is 2.58. The Morgan fingerprint density at radius 1 is 0.773 bits per heavy atom. The van der Waals surface area contributed by atoms with Gasteiger partial charge in [0.05, 0.1) is 0 Å². The molecule has 0 aliphatic heterocycles. The van der Waals surface area contributed by atoms with Crippen LogP contribution in [0.2, 0.25) is 0 Å². The molecular weight excluding hydrogens is 264 g/mol. The minimum Gasteiger partial charge on any atom is -0.0702 e. The molecule has 2 aromatic carbocycles. The second-order valence-corrected chi connectivity index (χ2v) is 8.11. The molecule has 0 amide bonds. The zero-order valence-corrected chi connectivity index (χ0v) is 13.0. The second-order valence-electron chi connectivity index (χ2n) is 8.11. The van der Waals surface area contributed by atoms with Gasteiger partial charge in [0.2, 0.25) is 0 Å². The van der Waals surface area contributed by atoms with Crippen LogP contribution in [0.25, 0.3) is 0 Å². The van der Waals surface area contributed by atoms with Crippen LogP contribution in [0.1, 0.15) is 49.7 Å². The number of hydrogen-bond acceptors (Lipinski definition) is 0. The maximum absolute atomic E-state index is 3.21. The second kappa shape index (κ2) is 4.39. The molecule has 2 atom stereocenters. The van der Waals surface area contributed by atoms with Crippen LogP contribution in [0.4, 0.5) is 0 Å². The lowest BCUT2D eigenvalue weighted by atomic mass is 9.42. The summed E-state index contributed by atoms with van der Waals surface area (Å²) in [5.41, 5.74) is 3.97. The summed E-state index contributed by atoms with van der Waals surface area (Å²) in [6.45, 7) is 0. The molecule has 110 valence electrons. The average Bonchev–Trinajstić information content (AvgIpc) is 2.55. The molecule has 0 saturated heterocycles. The molecule has 22 heavy (non-hydrogen) atoms. The third-order valence-electron chi connectivity index (χ3n) is 6.72. The summed E-state index contributed by atoms with van der Waals surface area (Å²) < 4.78 is 0. The maximum atomic E-state index is 3.21. The van der Waals surface area contributed by atoms with Crippen molar-refractivity contribution in [3.63, 3.8) is 0 Å². The van der Waals surface area contributed by atoms with Crippen LogP contribution in [0.3, 0.4) is 0 Å². The minimum absolute atomic E-state index is 0.408. The monoisotopic (exact) mass is 286 g/mol. The highest BCUT2D eigenvalue weighted by molar-refractivity contribution is 5.36. The maximum Gasteiger partial charge on any atom is -0.00267 e. The summed E-state index contributed by atoms with van der Waals surface area (Å²) in [4.78, 5) is 0. The van der Waals surface area contributed by atoms with Gasteiger partial charge in [-0.15, -0.1) is 0 Å². The van der Waals surface area contributed by atoms with Gasteiger partial charge in [-0.25, -0.2) is 0 Å². The lowest BCUT2D eigenvalue weighted by Gasteiger charge is -2.62. The van der Waals surface area contributed by atoms with Crippen LogP contribution in [-0.2, 0) is 10.8 Å². The van der Waals surface area contributed by atoms with Gasteiger partial charge in [-0.1, -0.05) is 42.5 Å². The fourth-order valence-corrected chi connectivity index (χ4v) is 6.41. The highest BCUT2D eigenvalue weighted by atomic mass is 14.6. The topological polar surface area (TPSA) is 0 Å². The summed E-state index contributed by atoms with van der Waals surface area (Å²) in [5, 5.41) is 0. The number of benzene rings is 1. The first-order valence-corrected chi connectivity index (χ1v) is 8.72. The lowest BCUT2D eigenvalue weighted by molar-refractivity contribution is -0.0281. The van der Waals surface area contributed by atoms with Crippen molar-refractivity contribution in [2.75, 3.05) is 0 Å². The van der Waals surface area contributed by atoms with Gasteiger partial charge in [0.25, 0.3) is 0 Å². The van der Waals surface area contributed by atoms with Crippen LogP contribution in [-0.4, -0.2) is 0 Å². The summed E-state index contributed by atoms with van der Waals surface area (Å²) in [6.07, 6.45) is 8.44. The van der Waals surface area contributed by atoms with E-state index in [2.05, 4.69) is 60.7 Å². The van der Waals surface area contributed by atoms with E-state index in [-0.39, 0.29) is 0 Å². The van der Waals surface area contributed by atoms with Gasteiger partial charge in [-0.05, 0) is 90.5 Å². The third kappa shape index (κ3) is 1.72. The van der Waals surface area contributed by atoms with E-state index in [9.17, 15) is 0 Å². The van der Waals surface area contributed by atoms with E-state index in [0.29, 0.717) is 10.8 Å². The molecule has 2 aromatic rings. The molecule has 4 aliphatic carbocycles. The molecule has 0 spiro atoms. The van der Waals surface area contributed by atoms with Gasteiger partial charge in [-0.3, -0.25) is 0 Å². The van der Waals surface area contributed by atoms with Crippen LogP contribution in [0.5, 0.6) is 0 Å². The SMILES string of the molecule is c1ccc(C23CC4CC(C2)CC(c2ccccc2)(C4)C3)cc#1. The Balaban J connectivity index is 1.63. The summed E-state index contributed by atoms with van der Waals surface area (Å²) in [6, 6.07) is 24.2. The Morgan fingerprint density at radius 3 is 2.09 bits per heavy atom. The van der Waals surface area contributed by atoms with Gasteiger partial charge in [0.1, 0.15) is 0 Å². The van der Waals surface area contributed by atoms with Crippen molar-refractivity contribution in [1.29, 1.82) is 0 Å². The van der Waals surface area contributed by atoms with E-state index < -0.39 is 0 Å². The van der Waals surface area contributed by atoms with Crippen molar-refractivity contribution in [2.45, 2.75) is 49.4 Å². The van der Waals surface area contributed by atoms with Gasteiger partial charge in [0.15, 0.2) is 0 Å². The van der Waals surface area contributed by atoms with Crippen LogP contribution in [0.15, 0.2) is 48.5 Å². The van der Waals surface area contributed by atoms with E-state index in [1.165, 1.54) is 44.1 Å². The van der Waals surface area contributed by atoms with E-state index >= 15 is 0 Å². The van der Waals surface area contributed by atoms with Crippen LogP contribution >= 0.6 is 0 Å². The predicted octanol–water partition coefficient (Wildman–Crippen LogP) is 5.08. The van der Waals surface area contributed by atoms with Crippen molar-refractivity contribution in [1.82, 2.24) is 0 Å². The average molecular weight is 286 g/mol. The minimum atomic E-state index is 0.408. The normalized spacial score (nSPS) is 38.7. The first-order chi connectivity index (χ1) is 10.8. The Kier molecular flexibility index (Phi) is 2.55. The molecule has 4 bridgehead atoms. The lowest BCUT2D eigenvalue weighted by Crippen LogP contribution is -2.55. The zero-order valence-electron chi connectivity index (χ0n) is 13.0. The zero-order chi connectivity index (χ0) is 14.6. The molecule has 4 aliphatic rings. The van der Waals surface area contributed by atoms with Crippen LogP contribution < -0.4 is 0 Å². The summed E-state index contributed by atoms with van der Waals surface area (Å²) >= 11 is 0. The van der Waals surface area contributed by atoms with E-state index in [4.69, 9.17) is 0 Å². The molecule has 4 fully saturated rings. The standard InChI is InChI=1S/C22H22/c1-3-7-19(8-4-1)21-12-17-11-18(13-21)15-22(14-17,16-21)20-9-5-2-6-10-20/h1,3-5,7-10,17-18H,11-16H2. The fraction of sp³-hybridized carbons (Fsp3) is 0.455. The molecule has 2 unspecified atom stereocenters. The van der Waals surface area contributed by atoms with Crippen LogP contribution in [0, 0.1) is 24.0 Å². The molecule has 0 aromatic heterocycles. The summed E-state index contributed by atoms with van der Waals surface area (Å²) in [5.74, 6) is 1.84. The molecule has 0 heteroatoms. The first kappa shape index (κ1) is 12.8.